The number of hydrogen-bond donors (Lipinski definition) is 0. The first-order valence-corrected chi connectivity index (χ1v) is 11.7. The van der Waals surface area contributed by atoms with Crippen LogP contribution in [-0.4, -0.2) is 64.9 Å². The molecule has 1 aliphatic heterocycles. The molecule has 0 spiro atoms. The van der Waals surface area contributed by atoms with Crippen LogP contribution in [0, 0.1) is 0 Å². The first kappa shape index (κ1) is 21.7. The molecule has 2 aromatic carbocycles. The molecule has 0 radical (unpaired) electrons. The zero-order valence-electron chi connectivity index (χ0n) is 18.3. The van der Waals surface area contributed by atoms with Crippen molar-refractivity contribution in [3.8, 4) is 10.6 Å². The van der Waals surface area contributed by atoms with Crippen LogP contribution in [0.5, 0.6) is 0 Å². The van der Waals surface area contributed by atoms with Gasteiger partial charge < -0.3 is 4.90 Å². The number of benzene rings is 2. The van der Waals surface area contributed by atoms with E-state index in [9.17, 15) is 4.79 Å². The van der Waals surface area contributed by atoms with Crippen molar-refractivity contribution < 1.29 is 4.79 Å². The van der Waals surface area contributed by atoms with Crippen LogP contribution in [0.4, 0.5) is 0 Å². The van der Waals surface area contributed by atoms with Crippen LogP contribution >= 0.6 is 11.3 Å². The maximum absolute atomic E-state index is 12.9. The summed E-state index contributed by atoms with van der Waals surface area (Å²) in [4.78, 5) is 24.3. The van der Waals surface area contributed by atoms with Crippen LogP contribution in [0.1, 0.15) is 18.2 Å². The molecular formula is C25H30N4OS. The first-order valence-electron chi connectivity index (χ1n) is 10.9. The summed E-state index contributed by atoms with van der Waals surface area (Å²) < 4.78 is 0. The Balaban J connectivity index is 1.26. The van der Waals surface area contributed by atoms with E-state index in [0.29, 0.717) is 6.54 Å². The van der Waals surface area contributed by atoms with Crippen LogP contribution in [-0.2, 0) is 17.9 Å². The summed E-state index contributed by atoms with van der Waals surface area (Å²) in [5.74, 6) is 0.185. The van der Waals surface area contributed by atoms with E-state index >= 15 is 0 Å². The SMILES string of the molecule is CC(C(=O)N(C)Cc1ccccc1)N1CCN(Cc2csc(-c3ccccc3)n2)CC1. The van der Waals surface area contributed by atoms with Gasteiger partial charge in [0.1, 0.15) is 5.01 Å². The third-order valence-electron chi connectivity index (χ3n) is 5.91. The highest BCUT2D eigenvalue weighted by atomic mass is 32.1. The second-order valence-electron chi connectivity index (χ2n) is 8.18. The molecule has 1 aliphatic rings. The van der Waals surface area contributed by atoms with Crippen molar-refractivity contribution in [3.63, 3.8) is 0 Å². The highest BCUT2D eigenvalue weighted by molar-refractivity contribution is 7.13. The smallest absolute Gasteiger partial charge is 0.239 e. The molecule has 162 valence electrons. The van der Waals surface area contributed by atoms with Crippen LogP contribution in [0.15, 0.2) is 66.0 Å². The van der Waals surface area contributed by atoms with Crippen LogP contribution < -0.4 is 0 Å². The number of carbonyl (C=O) groups is 1. The Morgan fingerprint density at radius 2 is 1.68 bits per heavy atom. The zero-order chi connectivity index (χ0) is 21.6. The Morgan fingerprint density at radius 1 is 1.03 bits per heavy atom. The van der Waals surface area contributed by atoms with Gasteiger partial charge in [0.25, 0.3) is 0 Å². The summed E-state index contributed by atoms with van der Waals surface area (Å²) in [6, 6.07) is 20.4. The molecule has 5 nitrogen and oxygen atoms in total. The highest BCUT2D eigenvalue weighted by Gasteiger charge is 2.27. The van der Waals surface area contributed by atoms with Gasteiger partial charge in [-0.15, -0.1) is 11.3 Å². The summed E-state index contributed by atoms with van der Waals surface area (Å²) in [5, 5.41) is 3.24. The van der Waals surface area contributed by atoms with Gasteiger partial charge in [-0.3, -0.25) is 14.6 Å². The van der Waals surface area contributed by atoms with Gasteiger partial charge >= 0.3 is 0 Å². The zero-order valence-corrected chi connectivity index (χ0v) is 19.1. The largest absolute Gasteiger partial charge is 0.340 e. The normalized spacial score (nSPS) is 16.2. The van der Waals surface area contributed by atoms with E-state index in [1.807, 2.05) is 43.1 Å². The molecule has 3 aromatic rings. The molecule has 1 amide bonds. The molecule has 0 aliphatic carbocycles. The van der Waals surface area contributed by atoms with Crippen molar-refractivity contribution in [1.29, 1.82) is 0 Å². The monoisotopic (exact) mass is 434 g/mol. The van der Waals surface area contributed by atoms with Crippen molar-refractivity contribution in [1.82, 2.24) is 19.7 Å². The average molecular weight is 435 g/mol. The molecule has 1 aromatic heterocycles. The fraction of sp³-hybridized carbons (Fsp3) is 0.360. The van der Waals surface area contributed by atoms with Crippen molar-refractivity contribution in [2.75, 3.05) is 33.2 Å². The fourth-order valence-corrected chi connectivity index (χ4v) is 4.86. The molecule has 2 heterocycles. The minimum atomic E-state index is -0.0974. The Bertz CT molecular complexity index is 967. The third-order valence-corrected chi connectivity index (χ3v) is 6.85. The minimum absolute atomic E-state index is 0.0974. The molecule has 1 unspecified atom stereocenters. The number of carbonyl (C=O) groups excluding carboxylic acids is 1. The molecular weight excluding hydrogens is 404 g/mol. The quantitative estimate of drug-likeness (QED) is 0.564. The number of thiazole rings is 1. The van der Waals surface area contributed by atoms with Crippen molar-refractivity contribution in [2.45, 2.75) is 26.1 Å². The second kappa shape index (κ2) is 10.2. The Morgan fingerprint density at radius 3 is 2.35 bits per heavy atom. The number of amides is 1. The standard InChI is InChI=1S/C25H30N4OS/c1-20(25(30)27(2)17-21-9-5-3-6-10-21)29-15-13-28(14-16-29)18-23-19-31-24(26-23)22-11-7-4-8-12-22/h3-12,19-20H,13-18H2,1-2H3. The van der Waals surface area contributed by atoms with E-state index in [0.717, 1.165) is 49.0 Å². The number of nitrogens with zero attached hydrogens (tertiary/aromatic N) is 4. The van der Waals surface area contributed by atoms with Crippen LogP contribution in [0.25, 0.3) is 10.6 Å². The number of piperazine rings is 1. The van der Waals surface area contributed by atoms with E-state index in [4.69, 9.17) is 4.98 Å². The third kappa shape index (κ3) is 5.58. The molecule has 0 saturated carbocycles. The van der Waals surface area contributed by atoms with E-state index in [1.54, 1.807) is 11.3 Å². The van der Waals surface area contributed by atoms with Crippen LogP contribution in [0.2, 0.25) is 0 Å². The minimum Gasteiger partial charge on any atom is -0.340 e. The molecule has 4 rings (SSSR count). The molecule has 1 fully saturated rings. The maximum atomic E-state index is 12.9. The lowest BCUT2D eigenvalue weighted by Gasteiger charge is -2.38. The molecule has 0 bridgehead atoms. The van der Waals surface area contributed by atoms with E-state index in [1.165, 1.54) is 5.56 Å². The van der Waals surface area contributed by atoms with Gasteiger partial charge in [0.2, 0.25) is 5.91 Å². The highest BCUT2D eigenvalue weighted by Crippen LogP contribution is 2.24. The second-order valence-corrected chi connectivity index (χ2v) is 9.04. The number of aromatic nitrogens is 1. The van der Waals surface area contributed by atoms with Crippen LogP contribution in [0.3, 0.4) is 0 Å². The van der Waals surface area contributed by atoms with Crippen molar-refractivity contribution >= 4 is 17.2 Å². The molecule has 1 saturated heterocycles. The lowest BCUT2D eigenvalue weighted by Crippen LogP contribution is -2.53. The predicted molar refractivity (Wildman–Crippen MR) is 127 cm³/mol. The van der Waals surface area contributed by atoms with E-state index < -0.39 is 0 Å². The summed E-state index contributed by atoms with van der Waals surface area (Å²) >= 11 is 1.71. The number of hydrogen-bond acceptors (Lipinski definition) is 5. The lowest BCUT2D eigenvalue weighted by atomic mass is 10.1. The summed E-state index contributed by atoms with van der Waals surface area (Å²) in [6.45, 7) is 7.27. The fourth-order valence-electron chi connectivity index (χ4n) is 4.04. The average Bonchev–Trinajstić information content (AvgIpc) is 3.28. The number of likely N-dealkylation sites (N-methyl/N-ethyl adjacent to an activating group) is 1. The predicted octanol–water partition coefficient (Wildman–Crippen LogP) is 3.97. The topological polar surface area (TPSA) is 39.7 Å². The van der Waals surface area contributed by atoms with Gasteiger partial charge in [-0.25, -0.2) is 4.98 Å². The summed E-state index contributed by atoms with van der Waals surface area (Å²) in [7, 11) is 1.90. The maximum Gasteiger partial charge on any atom is 0.239 e. The van der Waals surface area contributed by atoms with Crippen molar-refractivity contribution in [2.24, 2.45) is 0 Å². The van der Waals surface area contributed by atoms with Gasteiger partial charge in [0.15, 0.2) is 0 Å². The Hall–Kier alpha value is -2.54. The van der Waals surface area contributed by atoms with Gasteiger partial charge in [-0.05, 0) is 12.5 Å². The van der Waals surface area contributed by atoms with E-state index in [-0.39, 0.29) is 11.9 Å². The molecule has 31 heavy (non-hydrogen) atoms. The molecule has 0 N–H and O–H groups in total. The van der Waals surface area contributed by atoms with Gasteiger partial charge in [-0.1, -0.05) is 60.7 Å². The Kier molecular flexibility index (Phi) is 7.12. The van der Waals surface area contributed by atoms with E-state index in [2.05, 4.69) is 51.6 Å². The van der Waals surface area contributed by atoms with Gasteiger partial charge in [0, 0.05) is 57.3 Å². The summed E-state index contributed by atoms with van der Waals surface area (Å²) in [5.41, 5.74) is 3.47. The summed E-state index contributed by atoms with van der Waals surface area (Å²) in [6.07, 6.45) is 0. The molecule has 6 heteroatoms. The van der Waals surface area contributed by atoms with Gasteiger partial charge in [0.05, 0.1) is 11.7 Å². The first-order chi connectivity index (χ1) is 15.1. The lowest BCUT2D eigenvalue weighted by molar-refractivity contribution is -0.136. The molecule has 1 atom stereocenters. The number of rotatable bonds is 7. The van der Waals surface area contributed by atoms with Gasteiger partial charge in [-0.2, -0.15) is 0 Å². The van der Waals surface area contributed by atoms with Crippen molar-refractivity contribution in [3.05, 3.63) is 77.3 Å². The Labute approximate surface area is 188 Å².